The molecule has 0 aliphatic rings. The number of nitrogens with zero attached hydrogens (tertiary/aromatic N) is 3. The molecule has 0 bridgehead atoms. The number of aromatic nitrogens is 3. The van der Waals surface area contributed by atoms with Crippen molar-refractivity contribution in [2.24, 2.45) is 0 Å². The van der Waals surface area contributed by atoms with Crippen LogP contribution in [-0.4, -0.2) is 29.9 Å². The van der Waals surface area contributed by atoms with Crippen LogP contribution in [0.15, 0.2) is 13.9 Å². The van der Waals surface area contributed by atoms with Crippen LogP contribution in [0.1, 0.15) is 29.3 Å². The molecule has 2 rings (SSSR count). The van der Waals surface area contributed by atoms with Gasteiger partial charge in [0.25, 0.3) is 0 Å². The summed E-state index contributed by atoms with van der Waals surface area (Å²) in [6, 6.07) is 0. The number of rotatable bonds is 6. The van der Waals surface area contributed by atoms with E-state index in [2.05, 4.69) is 30.9 Å². The second-order valence-corrected chi connectivity index (χ2v) is 7.61. The number of hydrogen-bond acceptors (Lipinski definition) is 5. The highest BCUT2D eigenvalue weighted by atomic mass is 79.9. The van der Waals surface area contributed by atoms with Crippen LogP contribution in [-0.2, 0) is 16.6 Å². The first-order valence-corrected chi connectivity index (χ1v) is 9.13. The molecule has 1 N–H and O–H groups in total. The van der Waals surface area contributed by atoms with Gasteiger partial charge in [0.15, 0.2) is 5.76 Å². The molecule has 0 aliphatic carbocycles. The third-order valence-corrected chi connectivity index (χ3v) is 6.22. The molecule has 0 spiro atoms. The Morgan fingerprint density at radius 2 is 1.91 bits per heavy atom. The molecular formula is C13H19BrN4O3S. The Morgan fingerprint density at radius 3 is 2.41 bits per heavy atom. The molecule has 22 heavy (non-hydrogen) atoms. The molecule has 9 heteroatoms. The Labute approximate surface area is 138 Å². The largest absolute Gasteiger partial charge is 0.360 e. The van der Waals surface area contributed by atoms with Crippen molar-refractivity contribution in [2.75, 3.05) is 6.54 Å². The highest BCUT2D eigenvalue weighted by molar-refractivity contribution is 9.10. The van der Waals surface area contributed by atoms with E-state index in [9.17, 15) is 8.42 Å². The highest BCUT2D eigenvalue weighted by Crippen LogP contribution is 2.20. The van der Waals surface area contributed by atoms with Gasteiger partial charge in [-0.1, -0.05) is 5.16 Å². The molecule has 0 aliphatic heterocycles. The fraction of sp³-hybridized carbons (Fsp3) is 0.538. The van der Waals surface area contributed by atoms with Crippen LogP contribution in [0.25, 0.3) is 0 Å². The van der Waals surface area contributed by atoms with Crippen molar-refractivity contribution >= 4 is 26.0 Å². The summed E-state index contributed by atoms with van der Waals surface area (Å²) in [5.74, 6) is 0.299. The van der Waals surface area contributed by atoms with E-state index in [1.807, 2.05) is 18.5 Å². The zero-order valence-corrected chi connectivity index (χ0v) is 15.4. The van der Waals surface area contributed by atoms with Gasteiger partial charge in [-0.3, -0.25) is 4.68 Å². The fourth-order valence-electron chi connectivity index (χ4n) is 2.26. The van der Waals surface area contributed by atoms with Crippen molar-refractivity contribution in [1.29, 1.82) is 0 Å². The average Bonchev–Trinajstić information content (AvgIpc) is 2.90. The lowest BCUT2D eigenvalue weighted by atomic mass is 10.4. The standard InChI is InChI=1S/C13H19BrN4O3S/c1-8-12(14)10(3)18(16-8)7-5-6-15-22(19,20)13-9(2)17-21-11(13)4/h15H,5-7H2,1-4H3. The van der Waals surface area contributed by atoms with Crippen molar-refractivity contribution in [3.05, 3.63) is 27.3 Å². The molecule has 2 aromatic rings. The van der Waals surface area contributed by atoms with Gasteiger partial charge in [-0.2, -0.15) is 5.10 Å². The molecule has 0 amide bonds. The van der Waals surface area contributed by atoms with Gasteiger partial charge in [-0.25, -0.2) is 13.1 Å². The normalized spacial score (nSPS) is 12.0. The van der Waals surface area contributed by atoms with Gasteiger partial charge in [-0.15, -0.1) is 0 Å². The van der Waals surface area contributed by atoms with Gasteiger partial charge in [-0.05, 0) is 50.0 Å². The van der Waals surface area contributed by atoms with E-state index in [0.717, 1.165) is 15.9 Å². The lowest BCUT2D eigenvalue weighted by molar-refractivity contribution is 0.390. The van der Waals surface area contributed by atoms with Crippen molar-refractivity contribution in [1.82, 2.24) is 19.7 Å². The Kier molecular flexibility index (Phi) is 5.08. The molecule has 7 nitrogen and oxygen atoms in total. The quantitative estimate of drug-likeness (QED) is 0.763. The number of aryl methyl sites for hydroxylation is 4. The van der Waals surface area contributed by atoms with Gasteiger partial charge in [0.05, 0.1) is 10.2 Å². The average molecular weight is 391 g/mol. The Hall–Kier alpha value is -1.19. The maximum absolute atomic E-state index is 12.2. The third-order valence-electron chi connectivity index (χ3n) is 3.37. The van der Waals surface area contributed by atoms with Gasteiger partial charge in [0, 0.05) is 18.8 Å². The number of sulfonamides is 1. The Balaban J connectivity index is 1.95. The monoisotopic (exact) mass is 390 g/mol. The summed E-state index contributed by atoms with van der Waals surface area (Å²) in [6.45, 7) is 8.05. The fourth-order valence-corrected chi connectivity index (χ4v) is 3.94. The van der Waals surface area contributed by atoms with Crippen LogP contribution in [0.3, 0.4) is 0 Å². The Bertz CT molecular complexity index is 760. The van der Waals surface area contributed by atoms with E-state index in [1.165, 1.54) is 0 Å². The summed E-state index contributed by atoms with van der Waals surface area (Å²) < 4.78 is 34.8. The summed E-state index contributed by atoms with van der Waals surface area (Å²) >= 11 is 3.47. The van der Waals surface area contributed by atoms with E-state index in [1.54, 1.807) is 13.8 Å². The molecule has 0 saturated heterocycles. The van der Waals surface area contributed by atoms with Crippen LogP contribution in [0.2, 0.25) is 0 Å². The van der Waals surface area contributed by atoms with Crippen LogP contribution >= 0.6 is 15.9 Å². The second-order valence-electron chi connectivity index (χ2n) is 5.11. The molecule has 122 valence electrons. The molecular weight excluding hydrogens is 372 g/mol. The van der Waals surface area contributed by atoms with Crippen molar-refractivity contribution in [3.8, 4) is 0 Å². The summed E-state index contributed by atoms with van der Waals surface area (Å²) in [7, 11) is -3.59. The molecule has 0 fully saturated rings. The SMILES string of the molecule is Cc1nn(CCCNS(=O)(=O)c2c(C)noc2C)c(C)c1Br. The first-order valence-electron chi connectivity index (χ1n) is 6.86. The van der Waals surface area contributed by atoms with E-state index in [0.29, 0.717) is 31.0 Å². The minimum absolute atomic E-state index is 0.126. The zero-order chi connectivity index (χ0) is 16.5. The number of halogens is 1. The zero-order valence-electron chi connectivity index (χ0n) is 13.0. The van der Waals surface area contributed by atoms with Gasteiger partial charge >= 0.3 is 0 Å². The number of nitrogens with one attached hydrogen (secondary N) is 1. The molecule has 0 saturated carbocycles. The van der Waals surface area contributed by atoms with Crippen LogP contribution < -0.4 is 4.72 Å². The molecule has 0 aromatic carbocycles. The van der Waals surface area contributed by atoms with Gasteiger partial charge in [0.2, 0.25) is 10.0 Å². The minimum atomic E-state index is -3.59. The Morgan fingerprint density at radius 1 is 1.23 bits per heavy atom. The lowest BCUT2D eigenvalue weighted by Gasteiger charge is -2.07. The number of hydrogen-bond donors (Lipinski definition) is 1. The maximum Gasteiger partial charge on any atom is 0.245 e. The predicted molar refractivity (Wildman–Crippen MR) is 85.2 cm³/mol. The summed E-state index contributed by atoms with van der Waals surface area (Å²) in [4.78, 5) is 0.126. The minimum Gasteiger partial charge on any atom is -0.360 e. The lowest BCUT2D eigenvalue weighted by Crippen LogP contribution is -2.26. The van der Waals surface area contributed by atoms with E-state index >= 15 is 0 Å². The van der Waals surface area contributed by atoms with Crippen molar-refractivity contribution in [2.45, 2.75) is 45.6 Å². The summed E-state index contributed by atoms with van der Waals surface area (Å²) in [6.07, 6.45) is 0.636. The topological polar surface area (TPSA) is 90.0 Å². The van der Waals surface area contributed by atoms with Gasteiger partial charge < -0.3 is 4.52 Å². The third kappa shape index (κ3) is 3.41. The molecule has 2 aromatic heterocycles. The highest BCUT2D eigenvalue weighted by Gasteiger charge is 2.23. The van der Waals surface area contributed by atoms with Crippen LogP contribution in [0, 0.1) is 27.7 Å². The summed E-state index contributed by atoms with van der Waals surface area (Å²) in [5.41, 5.74) is 2.33. The molecule has 0 radical (unpaired) electrons. The van der Waals surface area contributed by atoms with E-state index in [4.69, 9.17) is 4.52 Å². The predicted octanol–water partition coefficient (Wildman–Crippen LogP) is 2.24. The van der Waals surface area contributed by atoms with E-state index in [-0.39, 0.29) is 4.90 Å². The van der Waals surface area contributed by atoms with Crippen molar-refractivity contribution in [3.63, 3.8) is 0 Å². The van der Waals surface area contributed by atoms with Crippen molar-refractivity contribution < 1.29 is 12.9 Å². The maximum atomic E-state index is 12.2. The molecule has 0 unspecified atom stereocenters. The smallest absolute Gasteiger partial charge is 0.245 e. The first-order chi connectivity index (χ1) is 10.2. The van der Waals surface area contributed by atoms with E-state index < -0.39 is 10.0 Å². The molecule has 0 atom stereocenters. The first kappa shape index (κ1) is 17.2. The summed E-state index contributed by atoms with van der Waals surface area (Å²) in [5, 5.41) is 8.06. The van der Waals surface area contributed by atoms with Crippen LogP contribution in [0.5, 0.6) is 0 Å². The second kappa shape index (κ2) is 6.51. The van der Waals surface area contributed by atoms with Crippen LogP contribution in [0.4, 0.5) is 0 Å². The van der Waals surface area contributed by atoms with Gasteiger partial charge in [0.1, 0.15) is 10.6 Å². The molecule has 2 heterocycles.